The van der Waals surface area contributed by atoms with Crippen LogP contribution in [0.15, 0.2) is 61.3 Å². The first-order valence-electron chi connectivity index (χ1n) is 10.2. The van der Waals surface area contributed by atoms with E-state index in [-0.39, 0.29) is 0 Å². The molecule has 154 valence electrons. The average molecular weight is 411 g/mol. The van der Waals surface area contributed by atoms with E-state index in [0.717, 1.165) is 54.2 Å². The van der Waals surface area contributed by atoms with Crippen molar-refractivity contribution >= 4 is 11.3 Å². The number of nitrogens with zero attached hydrogens (tertiary/aromatic N) is 6. The smallest absolute Gasteiger partial charge is 0.138 e. The van der Waals surface area contributed by atoms with Gasteiger partial charge in [0.05, 0.1) is 23.5 Å². The molecular formula is C23H21N7O. The van der Waals surface area contributed by atoms with E-state index in [9.17, 15) is 5.26 Å². The quantitative estimate of drug-likeness (QED) is 0.540. The van der Waals surface area contributed by atoms with Crippen molar-refractivity contribution in [2.45, 2.75) is 6.61 Å². The van der Waals surface area contributed by atoms with Crippen molar-refractivity contribution in [3.8, 4) is 22.9 Å². The van der Waals surface area contributed by atoms with Crippen molar-refractivity contribution in [2.24, 2.45) is 0 Å². The minimum atomic E-state index is 0.394. The fraction of sp³-hybridized carbons (Fsp3) is 0.217. The van der Waals surface area contributed by atoms with Crippen molar-refractivity contribution in [3.05, 3.63) is 72.4 Å². The fourth-order valence-corrected chi connectivity index (χ4v) is 3.75. The molecule has 0 radical (unpaired) electrons. The van der Waals surface area contributed by atoms with E-state index in [4.69, 9.17) is 4.74 Å². The summed E-state index contributed by atoms with van der Waals surface area (Å²) in [6.07, 6.45) is 8.73. The largest absolute Gasteiger partial charge is 0.487 e. The van der Waals surface area contributed by atoms with E-state index >= 15 is 0 Å². The number of anilines is 1. The molecular weight excluding hydrogens is 390 g/mol. The van der Waals surface area contributed by atoms with Gasteiger partial charge in [0, 0.05) is 61.5 Å². The second kappa shape index (κ2) is 8.42. The van der Waals surface area contributed by atoms with Crippen LogP contribution in [0.3, 0.4) is 0 Å². The monoisotopic (exact) mass is 411 g/mol. The highest BCUT2D eigenvalue weighted by Gasteiger charge is 2.16. The van der Waals surface area contributed by atoms with Crippen LogP contribution in [-0.2, 0) is 6.61 Å². The third kappa shape index (κ3) is 3.91. The molecule has 0 atom stereocenters. The first kappa shape index (κ1) is 19.0. The van der Waals surface area contributed by atoms with Crippen molar-refractivity contribution in [2.75, 3.05) is 31.1 Å². The van der Waals surface area contributed by atoms with E-state index < -0.39 is 0 Å². The number of piperazine rings is 1. The van der Waals surface area contributed by atoms with Gasteiger partial charge in [0.15, 0.2) is 0 Å². The SMILES string of the molecule is N#Cc1cnn2cc(OCc3cccnc3)cc(-c3ccc(N4CCNCC4)nc3)c12. The van der Waals surface area contributed by atoms with Gasteiger partial charge in [0.25, 0.3) is 0 Å². The molecule has 8 nitrogen and oxygen atoms in total. The zero-order valence-electron chi connectivity index (χ0n) is 16.9. The topological polar surface area (TPSA) is 91.4 Å². The summed E-state index contributed by atoms with van der Waals surface area (Å²) in [5.41, 5.74) is 4.00. The number of rotatable bonds is 5. The molecule has 4 aromatic heterocycles. The van der Waals surface area contributed by atoms with Crippen molar-refractivity contribution in [3.63, 3.8) is 0 Å². The predicted octanol–water partition coefficient (Wildman–Crippen LogP) is 2.65. The van der Waals surface area contributed by atoms with Crippen molar-refractivity contribution in [1.29, 1.82) is 5.26 Å². The van der Waals surface area contributed by atoms with Crippen LogP contribution in [-0.4, -0.2) is 45.8 Å². The standard InChI is InChI=1S/C23H21N7O/c24-11-19-14-28-30-15-20(31-16-17-2-1-5-26-12-17)10-21(23(19)30)18-3-4-22(27-13-18)29-8-6-25-7-9-29/h1-5,10,12-15,25H,6-9,16H2. The summed E-state index contributed by atoms with van der Waals surface area (Å²) in [6.45, 7) is 4.19. The minimum Gasteiger partial charge on any atom is -0.487 e. The summed E-state index contributed by atoms with van der Waals surface area (Å²) in [5.74, 6) is 1.62. The third-order valence-electron chi connectivity index (χ3n) is 5.34. The lowest BCUT2D eigenvalue weighted by Gasteiger charge is -2.28. The third-order valence-corrected chi connectivity index (χ3v) is 5.34. The molecule has 1 aliphatic heterocycles. The Bertz CT molecular complexity index is 1220. The van der Waals surface area contributed by atoms with Gasteiger partial charge >= 0.3 is 0 Å². The Labute approximate surface area is 179 Å². The van der Waals surface area contributed by atoms with Gasteiger partial charge in [0.1, 0.15) is 24.2 Å². The molecule has 0 aromatic carbocycles. The highest BCUT2D eigenvalue weighted by atomic mass is 16.5. The first-order valence-corrected chi connectivity index (χ1v) is 10.2. The Hall–Kier alpha value is -3.96. The van der Waals surface area contributed by atoms with E-state index in [1.54, 1.807) is 29.3 Å². The molecule has 1 saturated heterocycles. The van der Waals surface area contributed by atoms with Gasteiger partial charge in [-0.3, -0.25) is 4.98 Å². The summed E-state index contributed by atoms with van der Waals surface area (Å²) < 4.78 is 7.70. The van der Waals surface area contributed by atoms with E-state index in [1.807, 2.05) is 36.5 Å². The maximum atomic E-state index is 9.56. The van der Waals surface area contributed by atoms with E-state index in [2.05, 4.69) is 31.4 Å². The number of aromatic nitrogens is 4. The maximum absolute atomic E-state index is 9.56. The molecule has 8 heteroatoms. The van der Waals surface area contributed by atoms with Gasteiger partial charge in [-0.2, -0.15) is 10.4 Å². The van der Waals surface area contributed by atoms with Crippen LogP contribution in [0.4, 0.5) is 5.82 Å². The second-order valence-corrected chi connectivity index (χ2v) is 7.34. The van der Waals surface area contributed by atoms with Gasteiger partial charge < -0.3 is 15.0 Å². The molecule has 0 unspecified atom stereocenters. The predicted molar refractivity (Wildman–Crippen MR) is 117 cm³/mol. The molecule has 31 heavy (non-hydrogen) atoms. The Morgan fingerprint density at radius 1 is 1.13 bits per heavy atom. The van der Waals surface area contributed by atoms with Gasteiger partial charge in [0.2, 0.25) is 0 Å². The molecule has 1 N–H and O–H groups in total. The average Bonchev–Trinajstić information content (AvgIpc) is 3.27. The van der Waals surface area contributed by atoms with Crippen LogP contribution in [0, 0.1) is 11.3 Å². The Morgan fingerprint density at radius 2 is 2.03 bits per heavy atom. The van der Waals surface area contributed by atoms with Gasteiger partial charge in [-0.1, -0.05) is 6.07 Å². The lowest BCUT2D eigenvalue weighted by atomic mass is 10.1. The van der Waals surface area contributed by atoms with Crippen LogP contribution in [0.5, 0.6) is 5.75 Å². The summed E-state index contributed by atoms with van der Waals surface area (Å²) in [5, 5.41) is 17.3. The van der Waals surface area contributed by atoms with Crippen LogP contribution >= 0.6 is 0 Å². The van der Waals surface area contributed by atoms with Crippen molar-refractivity contribution in [1.82, 2.24) is 24.9 Å². The van der Waals surface area contributed by atoms with Crippen LogP contribution in [0.25, 0.3) is 16.6 Å². The zero-order valence-corrected chi connectivity index (χ0v) is 16.9. The molecule has 4 aromatic rings. The summed E-state index contributed by atoms with van der Waals surface area (Å²) in [4.78, 5) is 11.1. The Kier molecular flexibility index (Phi) is 5.17. The number of hydrogen-bond acceptors (Lipinski definition) is 7. The summed E-state index contributed by atoms with van der Waals surface area (Å²) in [7, 11) is 0. The minimum absolute atomic E-state index is 0.394. The molecule has 1 aliphatic rings. The molecule has 0 spiro atoms. The number of nitrogens with one attached hydrogen (secondary N) is 1. The molecule has 0 saturated carbocycles. The summed E-state index contributed by atoms with van der Waals surface area (Å²) in [6, 6.07) is 12.1. The Morgan fingerprint density at radius 3 is 2.77 bits per heavy atom. The molecule has 5 rings (SSSR count). The van der Waals surface area contributed by atoms with E-state index in [0.29, 0.717) is 17.9 Å². The second-order valence-electron chi connectivity index (χ2n) is 7.34. The lowest BCUT2D eigenvalue weighted by molar-refractivity contribution is 0.304. The van der Waals surface area contributed by atoms with Crippen LogP contribution < -0.4 is 15.0 Å². The van der Waals surface area contributed by atoms with Gasteiger partial charge in [-0.05, 0) is 24.3 Å². The van der Waals surface area contributed by atoms with Gasteiger partial charge in [-0.25, -0.2) is 9.50 Å². The molecule has 0 aliphatic carbocycles. The molecule has 5 heterocycles. The fourth-order valence-electron chi connectivity index (χ4n) is 3.75. The first-order chi connectivity index (χ1) is 15.3. The molecule has 0 amide bonds. The normalized spacial score (nSPS) is 13.8. The Balaban J connectivity index is 1.50. The number of ether oxygens (including phenoxy) is 1. The highest BCUT2D eigenvalue weighted by molar-refractivity contribution is 5.85. The maximum Gasteiger partial charge on any atom is 0.138 e. The highest BCUT2D eigenvalue weighted by Crippen LogP contribution is 2.31. The molecule has 1 fully saturated rings. The van der Waals surface area contributed by atoms with Gasteiger partial charge in [-0.15, -0.1) is 0 Å². The summed E-state index contributed by atoms with van der Waals surface area (Å²) >= 11 is 0. The van der Waals surface area contributed by atoms with E-state index in [1.165, 1.54) is 0 Å². The molecule has 0 bridgehead atoms. The zero-order chi connectivity index (χ0) is 21.0. The number of nitriles is 1. The lowest BCUT2D eigenvalue weighted by Crippen LogP contribution is -2.43. The number of pyridine rings is 3. The number of hydrogen-bond donors (Lipinski definition) is 1. The number of fused-ring (bicyclic) bond motifs is 1. The van der Waals surface area contributed by atoms with Crippen LogP contribution in [0.2, 0.25) is 0 Å². The van der Waals surface area contributed by atoms with Crippen LogP contribution in [0.1, 0.15) is 11.1 Å². The van der Waals surface area contributed by atoms with Crippen molar-refractivity contribution < 1.29 is 4.74 Å².